The van der Waals surface area contributed by atoms with Crippen molar-refractivity contribution in [1.82, 2.24) is 9.55 Å². The molecule has 0 spiro atoms. The number of aryl methyl sites for hydroxylation is 1. The lowest BCUT2D eigenvalue weighted by atomic mass is 10.0. The van der Waals surface area contributed by atoms with E-state index in [1.807, 2.05) is 31.2 Å². The molecule has 136 valence electrons. The zero-order valence-corrected chi connectivity index (χ0v) is 15.1. The average molecular weight is 368 g/mol. The van der Waals surface area contributed by atoms with E-state index in [2.05, 4.69) is 11.1 Å². The van der Waals surface area contributed by atoms with Gasteiger partial charge in [0.25, 0.3) is 5.56 Å². The van der Waals surface area contributed by atoms with E-state index >= 15 is 0 Å². The molecule has 1 aromatic carbocycles. The Labute approximate surface area is 161 Å². The number of anilines is 1. The molecular formula is C22H16N4O2. The summed E-state index contributed by atoms with van der Waals surface area (Å²) in [5, 5.41) is 9.38. The summed E-state index contributed by atoms with van der Waals surface area (Å²) in [7, 11) is 0. The van der Waals surface area contributed by atoms with Crippen LogP contribution in [-0.4, -0.2) is 9.55 Å². The van der Waals surface area contributed by atoms with Crippen molar-refractivity contribution < 1.29 is 4.42 Å². The van der Waals surface area contributed by atoms with Crippen molar-refractivity contribution in [2.24, 2.45) is 0 Å². The number of furan rings is 1. The highest BCUT2D eigenvalue weighted by atomic mass is 16.3. The van der Waals surface area contributed by atoms with Gasteiger partial charge in [-0.3, -0.25) is 9.36 Å². The van der Waals surface area contributed by atoms with Crippen molar-refractivity contribution in [3.8, 4) is 34.3 Å². The maximum atomic E-state index is 12.5. The van der Waals surface area contributed by atoms with Crippen molar-refractivity contribution in [3.05, 3.63) is 88.5 Å². The summed E-state index contributed by atoms with van der Waals surface area (Å²) in [4.78, 5) is 16.9. The first kappa shape index (κ1) is 17.3. The van der Waals surface area contributed by atoms with E-state index in [-0.39, 0.29) is 16.9 Å². The van der Waals surface area contributed by atoms with E-state index in [4.69, 9.17) is 10.2 Å². The van der Waals surface area contributed by atoms with Gasteiger partial charge in [0.05, 0.1) is 17.5 Å². The Morgan fingerprint density at radius 2 is 1.96 bits per heavy atom. The lowest BCUT2D eigenvalue weighted by molar-refractivity contribution is 0.580. The lowest BCUT2D eigenvalue weighted by Crippen LogP contribution is -2.17. The number of hydrogen-bond acceptors (Lipinski definition) is 5. The van der Waals surface area contributed by atoms with Crippen LogP contribution in [0.15, 0.2) is 76.3 Å². The third-order valence-electron chi connectivity index (χ3n) is 4.52. The second kappa shape index (κ2) is 6.89. The molecule has 0 amide bonds. The number of aromatic nitrogens is 2. The van der Waals surface area contributed by atoms with E-state index in [9.17, 15) is 10.1 Å². The summed E-state index contributed by atoms with van der Waals surface area (Å²) in [6.45, 7) is 1.95. The van der Waals surface area contributed by atoms with E-state index in [1.165, 1.54) is 6.07 Å². The van der Waals surface area contributed by atoms with E-state index in [0.29, 0.717) is 17.0 Å². The first-order valence-electron chi connectivity index (χ1n) is 8.62. The van der Waals surface area contributed by atoms with Crippen LogP contribution in [0.5, 0.6) is 0 Å². The molecule has 0 aliphatic rings. The van der Waals surface area contributed by atoms with Gasteiger partial charge in [0.2, 0.25) is 0 Å². The molecule has 6 heteroatoms. The van der Waals surface area contributed by atoms with Gasteiger partial charge in [-0.15, -0.1) is 0 Å². The Kier molecular flexibility index (Phi) is 4.26. The fourth-order valence-corrected chi connectivity index (χ4v) is 3.11. The highest BCUT2D eigenvalue weighted by molar-refractivity contribution is 5.81. The highest BCUT2D eigenvalue weighted by Crippen LogP contribution is 2.33. The maximum absolute atomic E-state index is 12.5. The minimum absolute atomic E-state index is 0.130. The van der Waals surface area contributed by atoms with E-state index < -0.39 is 0 Å². The second-order valence-corrected chi connectivity index (χ2v) is 6.32. The summed E-state index contributed by atoms with van der Waals surface area (Å²) in [5.74, 6) is 0.657. The van der Waals surface area contributed by atoms with Gasteiger partial charge >= 0.3 is 0 Å². The molecule has 6 nitrogen and oxygen atoms in total. The van der Waals surface area contributed by atoms with Crippen LogP contribution in [0.25, 0.3) is 28.3 Å². The third-order valence-corrected chi connectivity index (χ3v) is 4.52. The predicted molar refractivity (Wildman–Crippen MR) is 107 cm³/mol. The Hall–Kier alpha value is -4.11. The number of para-hydroxylation sites is 1. The molecule has 0 atom stereocenters. The highest BCUT2D eigenvalue weighted by Gasteiger charge is 2.16. The molecule has 3 aromatic heterocycles. The number of benzene rings is 1. The topological polar surface area (TPSA) is 97.8 Å². The van der Waals surface area contributed by atoms with Crippen molar-refractivity contribution in [2.75, 3.05) is 5.73 Å². The molecule has 4 rings (SSSR count). The van der Waals surface area contributed by atoms with Gasteiger partial charge in [-0.05, 0) is 42.8 Å². The Bertz CT molecular complexity index is 1260. The minimum atomic E-state index is -0.151. The minimum Gasteiger partial charge on any atom is -0.463 e. The second-order valence-electron chi connectivity index (χ2n) is 6.32. The van der Waals surface area contributed by atoms with Gasteiger partial charge in [0.15, 0.2) is 5.76 Å². The number of nitrogens with two attached hydrogens (primary N) is 1. The first-order chi connectivity index (χ1) is 13.6. The molecule has 4 aromatic rings. The fraction of sp³-hybridized carbons (Fsp3) is 0.0455. The average Bonchev–Trinajstić information content (AvgIpc) is 3.24. The summed E-state index contributed by atoms with van der Waals surface area (Å²) < 4.78 is 7.08. The molecule has 0 saturated heterocycles. The van der Waals surface area contributed by atoms with Gasteiger partial charge in [0.1, 0.15) is 17.6 Å². The van der Waals surface area contributed by atoms with Crippen LogP contribution in [-0.2, 0) is 0 Å². The third kappa shape index (κ3) is 2.95. The SMILES string of the molecule is Cc1ccccc1-n1cc(-c2cc(C#N)c(N)nc2-c2ccco2)ccc1=O. The quantitative estimate of drug-likeness (QED) is 0.591. The molecule has 2 N–H and O–H groups in total. The standard InChI is InChI=1S/C22H16N4O2/c1-14-5-2-3-6-18(14)26-13-15(8-9-20(26)27)17-11-16(12-23)22(24)25-21(17)19-7-4-10-28-19/h2-11,13H,1H3,(H2,24,25). The van der Waals surface area contributed by atoms with Crippen LogP contribution in [0.4, 0.5) is 5.82 Å². The molecule has 28 heavy (non-hydrogen) atoms. The van der Waals surface area contributed by atoms with Crippen molar-refractivity contribution in [3.63, 3.8) is 0 Å². The number of nitrogen functional groups attached to an aromatic ring is 1. The van der Waals surface area contributed by atoms with Crippen LogP contribution in [0.3, 0.4) is 0 Å². The van der Waals surface area contributed by atoms with Crippen molar-refractivity contribution in [2.45, 2.75) is 6.92 Å². The Morgan fingerprint density at radius 1 is 1.14 bits per heavy atom. The first-order valence-corrected chi connectivity index (χ1v) is 8.62. The Morgan fingerprint density at radius 3 is 2.68 bits per heavy atom. The van der Waals surface area contributed by atoms with Gasteiger partial charge in [-0.1, -0.05) is 18.2 Å². The molecule has 3 heterocycles. The van der Waals surface area contributed by atoms with Crippen LogP contribution in [0.2, 0.25) is 0 Å². The molecule has 0 aliphatic heterocycles. The fourth-order valence-electron chi connectivity index (χ4n) is 3.11. The lowest BCUT2D eigenvalue weighted by Gasteiger charge is -2.13. The van der Waals surface area contributed by atoms with Crippen LogP contribution in [0.1, 0.15) is 11.1 Å². The molecule has 0 radical (unpaired) electrons. The van der Waals surface area contributed by atoms with E-state index in [1.54, 1.807) is 41.3 Å². The molecule has 0 bridgehead atoms. The summed E-state index contributed by atoms with van der Waals surface area (Å²) in [5.41, 5.74) is 9.68. The zero-order chi connectivity index (χ0) is 19.7. The summed E-state index contributed by atoms with van der Waals surface area (Å²) in [6.07, 6.45) is 3.29. The maximum Gasteiger partial charge on any atom is 0.255 e. The van der Waals surface area contributed by atoms with Gasteiger partial charge in [0, 0.05) is 23.4 Å². The van der Waals surface area contributed by atoms with Gasteiger partial charge in [-0.25, -0.2) is 4.98 Å². The number of pyridine rings is 2. The van der Waals surface area contributed by atoms with Crippen LogP contribution < -0.4 is 11.3 Å². The van der Waals surface area contributed by atoms with Gasteiger partial charge in [-0.2, -0.15) is 5.26 Å². The number of hydrogen-bond donors (Lipinski definition) is 1. The molecule has 0 unspecified atom stereocenters. The monoisotopic (exact) mass is 368 g/mol. The van der Waals surface area contributed by atoms with E-state index in [0.717, 1.165) is 16.8 Å². The normalized spacial score (nSPS) is 10.6. The largest absolute Gasteiger partial charge is 0.463 e. The van der Waals surface area contributed by atoms with Crippen molar-refractivity contribution >= 4 is 5.82 Å². The molecule has 0 saturated carbocycles. The van der Waals surface area contributed by atoms with Crippen LogP contribution >= 0.6 is 0 Å². The van der Waals surface area contributed by atoms with Crippen LogP contribution in [0, 0.1) is 18.3 Å². The Balaban J connectivity index is 1.98. The zero-order valence-electron chi connectivity index (χ0n) is 15.1. The molecule has 0 aliphatic carbocycles. The predicted octanol–water partition coefficient (Wildman–Crippen LogP) is 3.92. The summed E-state index contributed by atoms with van der Waals surface area (Å²) >= 11 is 0. The molecular weight excluding hydrogens is 352 g/mol. The summed E-state index contributed by atoms with van der Waals surface area (Å²) in [6, 6.07) is 18.1. The van der Waals surface area contributed by atoms with Crippen molar-refractivity contribution in [1.29, 1.82) is 5.26 Å². The number of nitrogens with zero attached hydrogens (tertiary/aromatic N) is 3. The van der Waals surface area contributed by atoms with Gasteiger partial charge < -0.3 is 10.2 Å². The molecule has 0 fully saturated rings. The number of rotatable bonds is 3. The number of nitriles is 1. The smallest absolute Gasteiger partial charge is 0.255 e.